The number of carboxylic acids is 1. The first-order chi connectivity index (χ1) is 9.90. The number of nitrogens with zero attached hydrogens (tertiary/aromatic N) is 3. The van der Waals surface area contributed by atoms with Gasteiger partial charge in [-0.25, -0.2) is 14.8 Å². The van der Waals surface area contributed by atoms with Gasteiger partial charge in [0.1, 0.15) is 11.2 Å². The third kappa shape index (κ3) is 3.38. The maximum atomic E-state index is 11.9. The van der Waals surface area contributed by atoms with E-state index in [1.54, 1.807) is 18.3 Å². The van der Waals surface area contributed by atoms with E-state index in [-0.39, 0.29) is 5.56 Å². The van der Waals surface area contributed by atoms with Crippen molar-refractivity contribution in [3.05, 3.63) is 42.4 Å². The van der Waals surface area contributed by atoms with Gasteiger partial charge in [0, 0.05) is 18.6 Å². The molecular formula is C14H14N4O3. The Hall–Kier alpha value is -2.83. The lowest BCUT2D eigenvalue weighted by atomic mass is 10.1. The van der Waals surface area contributed by atoms with Crippen LogP contribution in [0.3, 0.4) is 0 Å². The van der Waals surface area contributed by atoms with Crippen LogP contribution in [0.25, 0.3) is 11.5 Å². The zero-order chi connectivity index (χ0) is 15.5. The van der Waals surface area contributed by atoms with E-state index >= 15 is 0 Å². The van der Waals surface area contributed by atoms with E-state index in [4.69, 9.17) is 5.11 Å². The molecule has 0 aliphatic carbocycles. The summed E-state index contributed by atoms with van der Waals surface area (Å²) in [5, 5.41) is 11.4. The summed E-state index contributed by atoms with van der Waals surface area (Å²) in [6.45, 7) is 2.80. The summed E-state index contributed by atoms with van der Waals surface area (Å²) >= 11 is 0. The SMILES string of the molecule is CC(C)(NC(=O)c1cnc(-c2ccccn2)nc1)C(=O)O. The lowest BCUT2D eigenvalue weighted by Gasteiger charge is -2.20. The molecule has 0 atom stereocenters. The van der Waals surface area contributed by atoms with Crippen LogP contribution in [0.1, 0.15) is 24.2 Å². The van der Waals surface area contributed by atoms with E-state index in [2.05, 4.69) is 20.3 Å². The zero-order valence-electron chi connectivity index (χ0n) is 11.6. The van der Waals surface area contributed by atoms with Crippen LogP contribution in [-0.4, -0.2) is 37.5 Å². The molecule has 7 heteroatoms. The van der Waals surface area contributed by atoms with Gasteiger partial charge in [0.05, 0.1) is 5.56 Å². The first-order valence-corrected chi connectivity index (χ1v) is 6.19. The van der Waals surface area contributed by atoms with Crippen molar-refractivity contribution in [3.8, 4) is 11.5 Å². The van der Waals surface area contributed by atoms with Gasteiger partial charge in [-0.15, -0.1) is 0 Å². The van der Waals surface area contributed by atoms with Gasteiger partial charge in [0.25, 0.3) is 5.91 Å². The molecule has 0 unspecified atom stereocenters. The number of hydrogen-bond donors (Lipinski definition) is 2. The average Bonchev–Trinajstić information content (AvgIpc) is 2.48. The van der Waals surface area contributed by atoms with Crippen LogP contribution in [0.4, 0.5) is 0 Å². The minimum Gasteiger partial charge on any atom is -0.480 e. The van der Waals surface area contributed by atoms with Gasteiger partial charge in [0.2, 0.25) is 0 Å². The predicted molar refractivity (Wildman–Crippen MR) is 74.4 cm³/mol. The molecular weight excluding hydrogens is 272 g/mol. The predicted octanol–water partition coefficient (Wildman–Crippen LogP) is 1.13. The van der Waals surface area contributed by atoms with Crippen molar-refractivity contribution in [1.82, 2.24) is 20.3 Å². The Labute approximate surface area is 121 Å². The topological polar surface area (TPSA) is 105 Å². The highest BCUT2D eigenvalue weighted by atomic mass is 16.4. The number of carbonyl (C=O) groups excluding carboxylic acids is 1. The van der Waals surface area contributed by atoms with Crippen molar-refractivity contribution < 1.29 is 14.7 Å². The number of aliphatic carboxylic acids is 1. The number of carboxylic acid groups (broad SMARTS) is 1. The smallest absolute Gasteiger partial charge is 0.328 e. The van der Waals surface area contributed by atoms with Crippen LogP contribution in [0.2, 0.25) is 0 Å². The number of carbonyl (C=O) groups is 2. The molecule has 21 heavy (non-hydrogen) atoms. The summed E-state index contributed by atoms with van der Waals surface area (Å²) in [4.78, 5) is 35.1. The van der Waals surface area contributed by atoms with Crippen molar-refractivity contribution in [2.24, 2.45) is 0 Å². The van der Waals surface area contributed by atoms with E-state index < -0.39 is 17.4 Å². The second-order valence-corrected chi connectivity index (χ2v) is 4.89. The quantitative estimate of drug-likeness (QED) is 0.873. The van der Waals surface area contributed by atoms with Crippen molar-refractivity contribution in [3.63, 3.8) is 0 Å². The normalized spacial score (nSPS) is 11.0. The van der Waals surface area contributed by atoms with E-state index in [0.29, 0.717) is 11.5 Å². The van der Waals surface area contributed by atoms with Crippen molar-refractivity contribution in [2.45, 2.75) is 19.4 Å². The molecule has 0 radical (unpaired) electrons. The molecule has 0 fully saturated rings. The van der Waals surface area contributed by atoms with Crippen LogP contribution in [0.5, 0.6) is 0 Å². The summed E-state index contributed by atoms with van der Waals surface area (Å²) < 4.78 is 0. The second kappa shape index (κ2) is 5.66. The molecule has 1 amide bonds. The summed E-state index contributed by atoms with van der Waals surface area (Å²) in [5.74, 6) is -1.28. The molecule has 2 rings (SSSR count). The van der Waals surface area contributed by atoms with Crippen molar-refractivity contribution in [1.29, 1.82) is 0 Å². The van der Waals surface area contributed by atoms with Crippen molar-refractivity contribution >= 4 is 11.9 Å². The molecule has 2 heterocycles. The minimum atomic E-state index is -1.36. The number of amides is 1. The molecule has 2 N–H and O–H groups in total. The molecule has 0 aliphatic heterocycles. The van der Waals surface area contributed by atoms with Gasteiger partial charge < -0.3 is 10.4 Å². The maximum Gasteiger partial charge on any atom is 0.328 e. The first-order valence-electron chi connectivity index (χ1n) is 6.19. The fourth-order valence-corrected chi connectivity index (χ4v) is 1.48. The lowest BCUT2D eigenvalue weighted by molar-refractivity contribution is -0.143. The number of rotatable bonds is 4. The summed E-state index contributed by atoms with van der Waals surface area (Å²) in [6, 6.07) is 5.34. The number of nitrogens with one attached hydrogen (secondary N) is 1. The van der Waals surface area contributed by atoms with E-state index in [9.17, 15) is 9.59 Å². The molecule has 0 spiro atoms. The standard InChI is InChI=1S/C14H14N4O3/c1-14(2,13(20)21)18-12(19)9-7-16-11(17-8-9)10-5-3-4-6-15-10/h3-8H,1-2H3,(H,18,19)(H,20,21). The van der Waals surface area contributed by atoms with Crippen LogP contribution >= 0.6 is 0 Å². The van der Waals surface area contributed by atoms with Crippen LogP contribution in [0, 0.1) is 0 Å². The third-order valence-electron chi connectivity index (χ3n) is 2.77. The Bertz CT molecular complexity index is 654. The third-order valence-corrected chi connectivity index (χ3v) is 2.77. The van der Waals surface area contributed by atoms with Crippen LogP contribution in [-0.2, 0) is 4.79 Å². The number of hydrogen-bond acceptors (Lipinski definition) is 5. The lowest BCUT2D eigenvalue weighted by Crippen LogP contribution is -2.49. The van der Waals surface area contributed by atoms with E-state index in [0.717, 1.165) is 0 Å². The molecule has 0 bridgehead atoms. The molecule has 0 saturated carbocycles. The summed E-state index contributed by atoms with van der Waals surface area (Å²) in [5.41, 5.74) is -0.587. The fourth-order valence-electron chi connectivity index (χ4n) is 1.48. The second-order valence-electron chi connectivity index (χ2n) is 4.89. The highest BCUT2D eigenvalue weighted by Gasteiger charge is 2.29. The zero-order valence-corrected chi connectivity index (χ0v) is 11.6. The van der Waals surface area contributed by atoms with Gasteiger partial charge in [-0.1, -0.05) is 6.07 Å². The summed E-state index contributed by atoms with van der Waals surface area (Å²) in [7, 11) is 0. The molecule has 0 aromatic carbocycles. The molecule has 0 saturated heterocycles. The molecule has 7 nitrogen and oxygen atoms in total. The Morgan fingerprint density at radius 2 is 1.81 bits per heavy atom. The average molecular weight is 286 g/mol. The van der Waals surface area contributed by atoms with E-state index in [1.807, 2.05) is 6.07 Å². The number of pyridine rings is 1. The van der Waals surface area contributed by atoms with Gasteiger partial charge >= 0.3 is 5.97 Å². The summed E-state index contributed by atoms with van der Waals surface area (Å²) in [6.07, 6.45) is 4.29. The molecule has 108 valence electrons. The van der Waals surface area contributed by atoms with Gasteiger partial charge in [0.15, 0.2) is 5.82 Å². The fraction of sp³-hybridized carbons (Fsp3) is 0.214. The Morgan fingerprint density at radius 3 is 2.33 bits per heavy atom. The highest BCUT2D eigenvalue weighted by molar-refractivity contribution is 5.97. The van der Waals surface area contributed by atoms with Crippen LogP contribution in [0.15, 0.2) is 36.8 Å². The Kier molecular flexibility index (Phi) is 3.93. The first kappa shape index (κ1) is 14.6. The molecule has 2 aromatic rings. The van der Waals surface area contributed by atoms with Gasteiger partial charge in [-0.05, 0) is 26.0 Å². The highest BCUT2D eigenvalue weighted by Crippen LogP contribution is 2.11. The number of aromatic nitrogens is 3. The Balaban J connectivity index is 2.16. The van der Waals surface area contributed by atoms with E-state index in [1.165, 1.54) is 26.2 Å². The Morgan fingerprint density at radius 1 is 1.14 bits per heavy atom. The monoisotopic (exact) mass is 286 g/mol. The minimum absolute atomic E-state index is 0.184. The van der Waals surface area contributed by atoms with Gasteiger partial charge in [-0.2, -0.15) is 0 Å². The molecule has 2 aromatic heterocycles. The maximum absolute atomic E-state index is 11.9. The van der Waals surface area contributed by atoms with Gasteiger partial charge in [-0.3, -0.25) is 9.78 Å². The molecule has 0 aliphatic rings. The van der Waals surface area contributed by atoms with Crippen LogP contribution < -0.4 is 5.32 Å². The van der Waals surface area contributed by atoms with Crippen molar-refractivity contribution in [2.75, 3.05) is 0 Å². The largest absolute Gasteiger partial charge is 0.480 e.